The first-order valence-corrected chi connectivity index (χ1v) is 7.50. The zero-order chi connectivity index (χ0) is 15.6. The Balaban J connectivity index is 1.62. The quantitative estimate of drug-likeness (QED) is 0.775. The average Bonchev–Trinajstić information content (AvgIpc) is 3.25. The van der Waals surface area contributed by atoms with Crippen LogP contribution in [0.25, 0.3) is 11.3 Å². The van der Waals surface area contributed by atoms with Gasteiger partial charge in [0.1, 0.15) is 17.6 Å². The van der Waals surface area contributed by atoms with E-state index in [1.165, 1.54) is 0 Å². The standard InChI is InChI=1S/C17H16N4O2/c22-17-15-9-14(12-5-2-1-3-6-12)20-21(15)16(11-19-17)18-10-13-7-4-8-23-13/h1-9,16,18H,10-11H2,(H,19,22)/t16-/m1/s1. The van der Waals surface area contributed by atoms with E-state index < -0.39 is 0 Å². The van der Waals surface area contributed by atoms with Crippen molar-refractivity contribution < 1.29 is 9.21 Å². The molecule has 4 rings (SSSR count). The van der Waals surface area contributed by atoms with Gasteiger partial charge in [-0.3, -0.25) is 10.1 Å². The van der Waals surface area contributed by atoms with Crippen molar-refractivity contribution in [2.45, 2.75) is 12.7 Å². The molecule has 1 atom stereocenters. The second kappa shape index (κ2) is 5.73. The largest absolute Gasteiger partial charge is 0.468 e. The summed E-state index contributed by atoms with van der Waals surface area (Å²) in [6.07, 6.45) is 1.54. The number of rotatable bonds is 4. The number of hydrogen-bond acceptors (Lipinski definition) is 4. The van der Waals surface area contributed by atoms with Crippen LogP contribution in [0.1, 0.15) is 22.4 Å². The highest BCUT2D eigenvalue weighted by atomic mass is 16.3. The predicted molar refractivity (Wildman–Crippen MR) is 84.6 cm³/mol. The van der Waals surface area contributed by atoms with Gasteiger partial charge in [0, 0.05) is 5.56 Å². The Morgan fingerprint density at radius 1 is 1.26 bits per heavy atom. The van der Waals surface area contributed by atoms with Crippen LogP contribution >= 0.6 is 0 Å². The fourth-order valence-electron chi connectivity index (χ4n) is 2.71. The summed E-state index contributed by atoms with van der Waals surface area (Å²) >= 11 is 0. The van der Waals surface area contributed by atoms with Crippen LogP contribution in [0.3, 0.4) is 0 Å². The molecule has 0 aliphatic carbocycles. The van der Waals surface area contributed by atoms with Crippen LogP contribution in [0.2, 0.25) is 0 Å². The first kappa shape index (κ1) is 13.8. The maximum absolute atomic E-state index is 12.1. The normalized spacial score (nSPS) is 16.9. The lowest BCUT2D eigenvalue weighted by Gasteiger charge is -2.25. The van der Waals surface area contributed by atoms with E-state index in [0.29, 0.717) is 18.8 Å². The highest BCUT2D eigenvalue weighted by molar-refractivity contribution is 5.94. The van der Waals surface area contributed by atoms with Gasteiger partial charge in [-0.15, -0.1) is 0 Å². The molecule has 116 valence electrons. The van der Waals surface area contributed by atoms with Gasteiger partial charge in [-0.2, -0.15) is 5.10 Å². The van der Waals surface area contributed by atoms with Gasteiger partial charge in [0.25, 0.3) is 5.91 Å². The fraction of sp³-hybridized carbons (Fsp3) is 0.176. The Labute approximate surface area is 133 Å². The van der Waals surface area contributed by atoms with Crippen molar-refractivity contribution in [1.82, 2.24) is 20.4 Å². The van der Waals surface area contributed by atoms with E-state index in [-0.39, 0.29) is 12.1 Å². The third kappa shape index (κ3) is 2.64. The molecule has 2 N–H and O–H groups in total. The smallest absolute Gasteiger partial charge is 0.269 e. The Hall–Kier alpha value is -2.86. The van der Waals surface area contributed by atoms with Crippen molar-refractivity contribution in [2.75, 3.05) is 6.54 Å². The third-order valence-corrected chi connectivity index (χ3v) is 3.88. The number of nitrogens with one attached hydrogen (secondary N) is 2. The molecule has 0 fully saturated rings. The van der Waals surface area contributed by atoms with Crippen LogP contribution in [0.5, 0.6) is 0 Å². The minimum atomic E-state index is -0.106. The molecule has 3 heterocycles. The number of carbonyl (C=O) groups excluding carboxylic acids is 1. The summed E-state index contributed by atoms with van der Waals surface area (Å²) in [6, 6.07) is 15.4. The molecule has 6 heteroatoms. The molecule has 2 aromatic heterocycles. The predicted octanol–water partition coefficient (Wildman–Crippen LogP) is 2.17. The van der Waals surface area contributed by atoms with Crippen molar-refractivity contribution in [3.8, 4) is 11.3 Å². The lowest BCUT2D eigenvalue weighted by Crippen LogP contribution is -2.45. The fourth-order valence-corrected chi connectivity index (χ4v) is 2.71. The summed E-state index contributed by atoms with van der Waals surface area (Å²) in [7, 11) is 0. The SMILES string of the molecule is O=C1NC[C@H](NCc2ccco2)n2nc(-c3ccccc3)cc21. The second-order valence-corrected chi connectivity index (χ2v) is 5.41. The molecule has 0 bridgehead atoms. The van der Waals surface area contributed by atoms with Gasteiger partial charge in [0.15, 0.2) is 0 Å². The molecule has 1 aromatic carbocycles. The zero-order valence-corrected chi connectivity index (χ0v) is 12.4. The highest BCUT2D eigenvalue weighted by Crippen LogP contribution is 2.22. The van der Waals surface area contributed by atoms with Gasteiger partial charge in [-0.05, 0) is 18.2 Å². The number of hydrogen-bond donors (Lipinski definition) is 2. The van der Waals surface area contributed by atoms with Crippen molar-refractivity contribution >= 4 is 5.91 Å². The van der Waals surface area contributed by atoms with Gasteiger partial charge in [-0.25, -0.2) is 4.68 Å². The van der Waals surface area contributed by atoms with Crippen LogP contribution in [0.15, 0.2) is 59.2 Å². The minimum Gasteiger partial charge on any atom is -0.468 e. The summed E-state index contributed by atoms with van der Waals surface area (Å²) in [5.41, 5.74) is 2.35. The van der Waals surface area contributed by atoms with Crippen molar-refractivity contribution in [3.05, 3.63) is 66.2 Å². The Morgan fingerprint density at radius 3 is 2.91 bits per heavy atom. The van der Waals surface area contributed by atoms with E-state index in [4.69, 9.17) is 4.42 Å². The maximum atomic E-state index is 12.1. The van der Waals surface area contributed by atoms with E-state index in [0.717, 1.165) is 17.0 Å². The van der Waals surface area contributed by atoms with E-state index in [1.54, 1.807) is 10.9 Å². The number of fused-ring (bicyclic) bond motifs is 1. The van der Waals surface area contributed by atoms with Crippen LogP contribution in [0.4, 0.5) is 0 Å². The van der Waals surface area contributed by atoms with Gasteiger partial charge in [0.2, 0.25) is 0 Å². The van der Waals surface area contributed by atoms with Crippen molar-refractivity contribution in [1.29, 1.82) is 0 Å². The van der Waals surface area contributed by atoms with Gasteiger partial charge < -0.3 is 9.73 Å². The van der Waals surface area contributed by atoms with Crippen molar-refractivity contribution in [2.24, 2.45) is 0 Å². The van der Waals surface area contributed by atoms with Crippen LogP contribution in [-0.2, 0) is 6.54 Å². The monoisotopic (exact) mass is 308 g/mol. The molecule has 6 nitrogen and oxygen atoms in total. The molecular formula is C17H16N4O2. The molecule has 0 saturated carbocycles. The molecule has 0 unspecified atom stereocenters. The number of benzene rings is 1. The second-order valence-electron chi connectivity index (χ2n) is 5.41. The molecule has 1 aliphatic heterocycles. The summed E-state index contributed by atoms with van der Waals surface area (Å²) in [5.74, 6) is 0.745. The minimum absolute atomic E-state index is 0.101. The Morgan fingerprint density at radius 2 is 2.13 bits per heavy atom. The van der Waals surface area contributed by atoms with Gasteiger partial charge >= 0.3 is 0 Å². The highest BCUT2D eigenvalue weighted by Gasteiger charge is 2.27. The van der Waals surface area contributed by atoms with E-state index >= 15 is 0 Å². The lowest BCUT2D eigenvalue weighted by molar-refractivity contribution is 0.0899. The third-order valence-electron chi connectivity index (χ3n) is 3.88. The summed E-state index contributed by atoms with van der Waals surface area (Å²) < 4.78 is 7.08. The summed E-state index contributed by atoms with van der Waals surface area (Å²) in [5, 5.41) is 10.9. The first-order valence-electron chi connectivity index (χ1n) is 7.50. The molecular weight excluding hydrogens is 292 g/mol. The molecule has 1 amide bonds. The molecule has 23 heavy (non-hydrogen) atoms. The summed E-state index contributed by atoms with van der Waals surface area (Å²) in [4.78, 5) is 12.1. The number of nitrogens with zero attached hydrogens (tertiary/aromatic N) is 2. The van der Waals surface area contributed by atoms with Crippen LogP contribution in [-0.4, -0.2) is 22.2 Å². The average molecular weight is 308 g/mol. The van der Waals surface area contributed by atoms with Gasteiger partial charge in [0.05, 0.1) is 25.0 Å². The molecule has 0 radical (unpaired) electrons. The Kier molecular flexibility index (Phi) is 3.44. The molecule has 3 aromatic rings. The molecule has 1 aliphatic rings. The van der Waals surface area contributed by atoms with Crippen molar-refractivity contribution in [3.63, 3.8) is 0 Å². The number of carbonyl (C=O) groups is 1. The van der Waals surface area contributed by atoms with E-state index in [9.17, 15) is 4.79 Å². The number of furan rings is 1. The van der Waals surface area contributed by atoms with E-state index in [2.05, 4.69) is 15.7 Å². The zero-order valence-electron chi connectivity index (χ0n) is 12.4. The number of aromatic nitrogens is 2. The van der Waals surface area contributed by atoms with E-state index in [1.807, 2.05) is 48.5 Å². The van der Waals surface area contributed by atoms with Crippen LogP contribution in [0, 0.1) is 0 Å². The maximum Gasteiger partial charge on any atom is 0.269 e. The van der Waals surface area contributed by atoms with Gasteiger partial charge in [-0.1, -0.05) is 30.3 Å². The Bertz CT molecular complexity index is 809. The number of amides is 1. The molecule has 0 spiro atoms. The van der Waals surface area contributed by atoms with Crippen LogP contribution < -0.4 is 10.6 Å². The lowest BCUT2D eigenvalue weighted by atomic mass is 10.1. The molecule has 0 saturated heterocycles. The first-order chi connectivity index (χ1) is 11.3. The summed E-state index contributed by atoms with van der Waals surface area (Å²) in [6.45, 7) is 1.07. The topological polar surface area (TPSA) is 72.1 Å².